The Hall–Kier alpha value is -3.68. The van der Waals surface area contributed by atoms with Gasteiger partial charge in [-0.2, -0.15) is 23.3 Å². The van der Waals surface area contributed by atoms with Crippen molar-refractivity contribution in [3.8, 4) is 0 Å². The lowest BCUT2D eigenvalue weighted by atomic mass is 10.0. The summed E-state index contributed by atoms with van der Waals surface area (Å²) in [5.41, 5.74) is 1.31. The second-order valence-corrected chi connectivity index (χ2v) is 6.76. The van der Waals surface area contributed by atoms with E-state index < -0.39 is 18.1 Å². The fourth-order valence-corrected chi connectivity index (χ4v) is 2.94. The summed E-state index contributed by atoms with van der Waals surface area (Å²) in [6.45, 7) is 2.95. The molecule has 1 aliphatic heterocycles. The Balaban J connectivity index is 0.000000360. The van der Waals surface area contributed by atoms with Crippen molar-refractivity contribution < 1.29 is 37.7 Å². The van der Waals surface area contributed by atoms with Gasteiger partial charge in [-0.15, -0.1) is 0 Å². The van der Waals surface area contributed by atoms with E-state index in [-0.39, 0.29) is 5.69 Å². The lowest BCUT2D eigenvalue weighted by Gasteiger charge is -2.06. The highest BCUT2D eigenvalue weighted by Gasteiger charge is 2.38. The number of carboxylic acid groups (broad SMARTS) is 2. The van der Waals surface area contributed by atoms with E-state index in [1.54, 1.807) is 12.3 Å². The van der Waals surface area contributed by atoms with Crippen LogP contribution in [0.4, 0.5) is 19.0 Å². The summed E-state index contributed by atoms with van der Waals surface area (Å²) in [5, 5.41) is 23.8. The molecule has 14 heteroatoms. The Morgan fingerprint density at radius 1 is 1.28 bits per heavy atom. The summed E-state index contributed by atoms with van der Waals surface area (Å²) in [6.07, 6.45) is 2.88. The third-order valence-corrected chi connectivity index (χ3v) is 4.54. The van der Waals surface area contributed by atoms with Crippen molar-refractivity contribution in [3.63, 3.8) is 0 Å². The number of carbonyl (C=O) groups is 2. The van der Waals surface area contributed by atoms with Crippen molar-refractivity contribution in [2.24, 2.45) is 0 Å². The van der Waals surface area contributed by atoms with Gasteiger partial charge in [0, 0.05) is 31.5 Å². The number of aromatic carboxylic acids is 1. The van der Waals surface area contributed by atoms with Gasteiger partial charge in [0.05, 0.1) is 25.5 Å². The predicted octanol–water partition coefficient (Wildman–Crippen LogP) is 1.87. The lowest BCUT2D eigenvalue weighted by Crippen LogP contribution is -2.21. The molecule has 4 rings (SSSR count). The summed E-state index contributed by atoms with van der Waals surface area (Å²) < 4.78 is 40.5. The van der Waals surface area contributed by atoms with E-state index in [0.717, 1.165) is 19.6 Å². The van der Waals surface area contributed by atoms with Crippen molar-refractivity contribution in [2.75, 3.05) is 25.1 Å². The Morgan fingerprint density at radius 2 is 2.03 bits per heavy atom. The fourth-order valence-electron chi connectivity index (χ4n) is 2.94. The van der Waals surface area contributed by atoms with Crippen LogP contribution in [-0.2, 0) is 16.1 Å². The number of hydrogen-bond acceptors (Lipinski definition) is 7. The molecule has 0 aromatic carbocycles. The molecule has 1 fully saturated rings. The molecule has 1 atom stereocenters. The molecule has 0 saturated carbocycles. The first kappa shape index (κ1) is 23.0. The third-order valence-electron chi connectivity index (χ3n) is 4.54. The molecule has 4 heterocycles. The standard InChI is InChI=1S/C16H18N6O3.C2HF3O2/c23-15(24)13-8-18-16-20-14(1-4-22(13)16)17-3-5-21-9-12(7-19-21)11-2-6-25-10-11;3-2(4,5)1(6)7/h1,4,7-9,11H,2-3,5-6,10H2,(H,23,24)(H,17,18,20);(H,6,7). The molecule has 3 aromatic heterocycles. The van der Waals surface area contributed by atoms with E-state index in [4.69, 9.17) is 19.7 Å². The van der Waals surface area contributed by atoms with Gasteiger partial charge in [-0.3, -0.25) is 9.08 Å². The zero-order chi connectivity index (χ0) is 23.3. The third kappa shape index (κ3) is 5.72. The molecule has 1 unspecified atom stereocenters. The Labute approximate surface area is 178 Å². The summed E-state index contributed by atoms with van der Waals surface area (Å²) >= 11 is 0. The number of halogens is 3. The van der Waals surface area contributed by atoms with E-state index in [2.05, 4.69) is 26.6 Å². The average Bonchev–Trinajstić information content (AvgIpc) is 3.47. The van der Waals surface area contributed by atoms with E-state index >= 15 is 0 Å². The first-order valence-electron chi connectivity index (χ1n) is 9.36. The summed E-state index contributed by atoms with van der Waals surface area (Å²) in [7, 11) is 0. The summed E-state index contributed by atoms with van der Waals surface area (Å²) in [4.78, 5) is 28.3. The van der Waals surface area contributed by atoms with E-state index in [1.165, 1.54) is 16.2 Å². The predicted molar refractivity (Wildman–Crippen MR) is 103 cm³/mol. The van der Waals surface area contributed by atoms with Crippen molar-refractivity contribution in [3.05, 3.63) is 42.1 Å². The molecule has 0 radical (unpaired) electrons. The van der Waals surface area contributed by atoms with Gasteiger partial charge in [0.1, 0.15) is 5.82 Å². The summed E-state index contributed by atoms with van der Waals surface area (Å²) in [5.74, 6) is -2.34. The SMILES string of the molecule is O=C(O)C(F)(F)F.O=C(O)c1cnc2nc(NCCn3cc(C4CCOC4)cn3)ccn12. The van der Waals surface area contributed by atoms with Crippen LogP contribution in [0, 0.1) is 0 Å². The number of imidazole rings is 1. The van der Waals surface area contributed by atoms with Crippen LogP contribution in [0.3, 0.4) is 0 Å². The monoisotopic (exact) mass is 456 g/mol. The van der Waals surface area contributed by atoms with Crippen LogP contribution in [0.1, 0.15) is 28.4 Å². The highest BCUT2D eigenvalue weighted by Crippen LogP contribution is 2.24. The highest BCUT2D eigenvalue weighted by atomic mass is 19.4. The van der Waals surface area contributed by atoms with Gasteiger partial charge in [0.25, 0.3) is 0 Å². The first-order chi connectivity index (χ1) is 15.1. The van der Waals surface area contributed by atoms with Crippen LogP contribution in [0.2, 0.25) is 0 Å². The Bertz CT molecular complexity index is 1090. The zero-order valence-electron chi connectivity index (χ0n) is 16.5. The molecule has 0 aliphatic carbocycles. The molecular weight excluding hydrogens is 437 g/mol. The number of alkyl halides is 3. The maximum absolute atomic E-state index is 11.1. The highest BCUT2D eigenvalue weighted by molar-refractivity contribution is 5.86. The number of aliphatic carboxylic acids is 1. The largest absolute Gasteiger partial charge is 0.490 e. The number of nitrogens with one attached hydrogen (secondary N) is 1. The maximum atomic E-state index is 11.1. The van der Waals surface area contributed by atoms with Gasteiger partial charge in [-0.25, -0.2) is 14.6 Å². The molecule has 1 saturated heterocycles. The normalized spacial score (nSPS) is 15.9. The molecule has 3 N–H and O–H groups in total. The van der Waals surface area contributed by atoms with Crippen LogP contribution in [0.5, 0.6) is 0 Å². The number of rotatable bonds is 6. The number of carboxylic acids is 2. The zero-order valence-corrected chi connectivity index (χ0v) is 16.5. The minimum atomic E-state index is -5.08. The van der Waals surface area contributed by atoms with Crippen molar-refractivity contribution in [1.82, 2.24) is 24.1 Å². The second-order valence-electron chi connectivity index (χ2n) is 6.76. The minimum absolute atomic E-state index is 0.0917. The molecule has 1 aliphatic rings. The van der Waals surface area contributed by atoms with Gasteiger partial charge >= 0.3 is 18.1 Å². The molecule has 0 spiro atoms. The molecule has 0 bridgehead atoms. The number of ether oxygens (including phenoxy) is 1. The van der Waals surface area contributed by atoms with Crippen LogP contribution >= 0.6 is 0 Å². The van der Waals surface area contributed by atoms with Crippen LogP contribution in [0.15, 0.2) is 30.9 Å². The van der Waals surface area contributed by atoms with Gasteiger partial charge in [-0.05, 0) is 18.1 Å². The van der Waals surface area contributed by atoms with Gasteiger partial charge < -0.3 is 20.3 Å². The lowest BCUT2D eigenvalue weighted by molar-refractivity contribution is -0.192. The topological polar surface area (TPSA) is 144 Å². The van der Waals surface area contributed by atoms with Crippen molar-refractivity contribution >= 4 is 23.5 Å². The van der Waals surface area contributed by atoms with E-state index in [1.807, 2.05) is 10.9 Å². The van der Waals surface area contributed by atoms with Crippen LogP contribution in [-0.4, -0.2) is 72.2 Å². The number of fused-ring (bicyclic) bond motifs is 1. The number of anilines is 1. The van der Waals surface area contributed by atoms with E-state index in [0.29, 0.717) is 30.6 Å². The molecular formula is C18H19F3N6O5. The maximum Gasteiger partial charge on any atom is 0.490 e. The quantitative estimate of drug-likeness (QED) is 0.506. The molecule has 3 aromatic rings. The fraction of sp³-hybridized carbons (Fsp3) is 0.389. The van der Waals surface area contributed by atoms with E-state index in [9.17, 15) is 18.0 Å². The molecule has 0 amide bonds. The van der Waals surface area contributed by atoms with Crippen LogP contribution < -0.4 is 5.32 Å². The Morgan fingerprint density at radius 3 is 2.66 bits per heavy atom. The first-order valence-corrected chi connectivity index (χ1v) is 9.36. The molecule has 172 valence electrons. The molecule has 11 nitrogen and oxygen atoms in total. The minimum Gasteiger partial charge on any atom is -0.477 e. The second kappa shape index (κ2) is 9.64. The van der Waals surface area contributed by atoms with Gasteiger partial charge in [0.15, 0.2) is 5.69 Å². The van der Waals surface area contributed by atoms with Crippen LogP contribution in [0.25, 0.3) is 5.78 Å². The van der Waals surface area contributed by atoms with Crippen molar-refractivity contribution in [2.45, 2.75) is 25.1 Å². The summed E-state index contributed by atoms with van der Waals surface area (Å²) in [6, 6.07) is 1.73. The van der Waals surface area contributed by atoms with Gasteiger partial charge in [-0.1, -0.05) is 0 Å². The average molecular weight is 456 g/mol. The van der Waals surface area contributed by atoms with Crippen molar-refractivity contribution in [1.29, 1.82) is 0 Å². The number of aromatic nitrogens is 5. The number of nitrogens with zero attached hydrogens (tertiary/aromatic N) is 5. The Kier molecular flexibility index (Phi) is 6.92. The smallest absolute Gasteiger partial charge is 0.477 e. The van der Waals surface area contributed by atoms with Gasteiger partial charge in [0.2, 0.25) is 5.78 Å². The number of hydrogen-bond donors (Lipinski definition) is 3. The molecule has 32 heavy (non-hydrogen) atoms.